The molecule has 1 aliphatic heterocycles. The first-order valence-electron chi connectivity index (χ1n) is 6.48. The minimum absolute atomic E-state index is 0.379. The van der Waals surface area contributed by atoms with Gasteiger partial charge in [-0.1, -0.05) is 19.3 Å². The summed E-state index contributed by atoms with van der Waals surface area (Å²) in [6.07, 6.45) is 8.84. The highest BCUT2D eigenvalue weighted by Gasteiger charge is 2.28. The summed E-state index contributed by atoms with van der Waals surface area (Å²) in [5.41, 5.74) is 0. The van der Waals surface area contributed by atoms with Crippen molar-refractivity contribution in [3.63, 3.8) is 0 Å². The molecule has 0 bridgehead atoms. The number of hydrogen-bond donors (Lipinski definition) is 1. The van der Waals surface area contributed by atoms with E-state index in [0.717, 1.165) is 30.9 Å². The molecule has 88 valence electrons. The van der Waals surface area contributed by atoms with E-state index in [2.05, 4.69) is 10.2 Å². The fourth-order valence-electron chi connectivity index (χ4n) is 3.04. The molecule has 4 heteroatoms. The van der Waals surface area contributed by atoms with Gasteiger partial charge in [-0.25, -0.2) is 0 Å². The maximum absolute atomic E-state index is 10.0. The Morgan fingerprint density at radius 3 is 2.62 bits per heavy atom. The lowest BCUT2D eigenvalue weighted by Gasteiger charge is -2.26. The van der Waals surface area contributed by atoms with E-state index >= 15 is 0 Å². The van der Waals surface area contributed by atoms with Crippen molar-refractivity contribution in [3.8, 4) is 0 Å². The van der Waals surface area contributed by atoms with Crippen LogP contribution in [0.5, 0.6) is 0 Å². The minimum Gasteiger partial charge on any atom is -0.373 e. The number of aliphatic hydroxyl groups is 1. The van der Waals surface area contributed by atoms with Crippen LogP contribution >= 0.6 is 0 Å². The summed E-state index contributed by atoms with van der Waals surface area (Å²) in [5.74, 6) is 2.56. The van der Waals surface area contributed by atoms with Crippen LogP contribution in [0, 0.1) is 0 Å². The molecule has 0 spiro atoms. The summed E-state index contributed by atoms with van der Waals surface area (Å²) in [6.45, 7) is 0. The van der Waals surface area contributed by atoms with Gasteiger partial charge in [0.05, 0.1) is 0 Å². The van der Waals surface area contributed by atoms with Crippen molar-refractivity contribution in [3.05, 3.63) is 11.6 Å². The molecule has 0 aromatic carbocycles. The largest absolute Gasteiger partial charge is 0.373 e. The molecule has 0 amide bonds. The Morgan fingerprint density at radius 2 is 1.81 bits per heavy atom. The number of rotatable bonds is 1. The van der Waals surface area contributed by atoms with Crippen molar-refractivity contribution in [1.82, 2.24) is 14.8 Å². The molecule has 2 aliphatic rings. The molecule has 1 atom stereocenters. The number of aryl methyl sites for hydroxylation is 1. The van der Waals surface area contributed by atoms with E-state index in [4.69, 9.17) is 0 Å². The molecule has 1 fully saturated rings. The Balaban J connectivity index is 1.91. The zero-order chi connectivity index (χ0) is 11.0. The first-order valence-corrected chi connectivity index (χ1v) is 6.48. The normalized spacial score (nSPS) is 26.7. The van der Waals surface area contributed by atoms with Gasteiger partial charge in [-0.05, 0) is 25.7 Å². The average Bonchev–Trinajstić information content (AvgIpc) is 2.75. The quantitative estimate of drug-likeness (QED) is 0.790. The predicted octanol–water partition coefficient (Wildman–Crippen LogP) is 2.15. The van der Waals surface area contributed by atoms with Crippen molar-refractivity contribution in [2.75, 3.05) is 0 Å². The Morgan fingerprint density at radius 1 is 1.00 bits per heavy atom. The Labute approximate surface area is 95.7 Å². The summed E-state index contributed by atoms with van der Waals surface area (Å²) in [6, 6.07) is 0. The van der Waals surface area contributed by atoms with Gasteiger partial charge in [0.15, 0.2) is 0 Å². The highest BCUT2D eigenvalue weighted by atomic mass is 16.3. The van der Waals surface area contributed by atoms with Crippen molar-refractivity contribution in [2.24, 2.45) is 0 Å². The highest BCUT2D eigenvalue weighted by molar-refractivity contribution is 5.06. The van der Waals surface area contributed by atoms with Gasteiger partial charge in [0.1, 0.15) is 17.9 Å². The van der Waals surface area contributed by atoms with Crippen molar-refractivity contribution in [2.45, 2.75) is 63.5 Å². The van der Waals surface area contributed by atoms with Crippen LogP contribution in [0.3, 0.4) is 0 Å². The van der Waals surface area contributed by atoms with Gasteiger partial charge in [0.2, 0.25) is 0 Å². The summed E-state index contributed by atoms with van der Waals surface area (Å²) >= 11 is 0. The molecule has 1 N–H and O–H groups in total. The third-order valence-electron chi connectivity index (χ3n) is 3.92. The first kappa shape index (κ1) is 10.3. The second-order valence-electron chi connectivity index (χ2n) is 5.05. The zero-order valence-electron chi connectivity index (χ0n) is 9.60. The van der Waals surface area contributed by atoms with Crippen molar-refractivity contribution in [1.29, 1.82) is 0 Å². The fourth-order valence-corrected chi connectivity index (χ4v) is 3.04. The molecule has 0 saturated heterocycles. The lowest BCUT2D eigenvalue weighted by atomic mass is 9.88. The van der Waals surface area contributed by atoms with Crippen LogP contribution < -0.4 is 0 Å². The molecule has 2 heterocycles. The zero-order valence-corrected chi connectivity index (χ0v) is 9.60. The van der Waals surface area contributed by atoms with Crippen LogP contribution in [-0.4, -0.2) is 19.9 Å². The van der Waals surface area contributed by atoms with E-state index in [-0.39, 0.29) is 6.23 Å². The monoisotopic (exact) mass is 221 g/mol. The predicted molar refractivity (Wildman–Crippen MR) is 60.0 cm³/mol. The second kappa shape index (κ2) is 4.17. The number of aliphatic hydroxyl groups excluding tert-OH is 1. The SMILES string of the molecule is OC1CCCc2nnc(C3CCCCC3)n21. The maximum Gasteiger partial charge on any atom is 0.138 e. The molecule has 1 saturated carbocycles. The summed E-state index contributed by atoms with van der Waals surface area (Å²) in [4.78, 5) is 0. The van der Waals surface area contributed by atoms with Crippen LogP contribution in [0.25, 0.3) is 0 Å². The molecule has 1 aromatic heterocycles. The standard InChI is InChI=1S/C12H19N3O/c16-11-8-4-7-10-13-14-12(15(10)11)9-5-2-1-3-6-9/h9,11,16H,1-8H2. The third kappa shape index (κ3) is 1.65. The summed E-state index contributed by atoms with van der Waals surface area (Å²) < 4.78 is 2.00. The van der Waals surface area contributed by atoms with Crippen LogP contribution in [0.4, 0.5) is 0 Å². The highest BCUT2D eigenvalue weighted by Crippen LogP contribution is 2.34. The summed E-state index contributed by atoms with van der Waals surface area (Å²) in [5, 5.41) is 18.6. The van der Waals surface area contributed by atoms with E-state index in [0.29, 0.717) is 5.92 Å². The first-order chi connectivity index (χ1) is 7.86. The molecule has 16 heavy (non-hydrogen) atoms. The molecule has 1 aliphatic carbocycles. The van der Waals surface area contributed by atoms with Gasteiger partial charge in [-0.3, -0.25) is 4.57 Å². The topological polar surface area (TPSA) is 50.9 Å². The number of aromatic nitrogens is 3. The van der Waals surface area contributed by atoms with Crippen LogP contribution in [0.15, 0.2) is 0 Å². The van der Waals surface area contributed by atoms with E-state index < -0.39 is 0 Å². The Kier molecular flexibility index (Phi) is 2.67. The lowest BCUT2D eigenvalue weighted by molar-refractivity contribution is 0.0729. The number of fused-ring (bicyclic) bond motifs is 1. The van der Waals surface area contributed by atoms with Crippen molar-refractivity contribution < 1.29 is 5.11 Å². The molecular weight excluding hydrogens is 202 g/mol. The van der Waals surface area contributed by atoms with Crippen LogP contribution in [0.1, 0.15) is 68.7 Å². The number of nitrogens with zero attached hydrogens (tertiary/aromatic N) is 3. The molecule has 1 aromatic rings. The molecule has 0 radical (unpaired) electrons. The van der Waals surface area contributed by atoms with E-state index in [1.54, 1.807) is 0 Å². The van der Waals surface area contributed by atoms with E-state index in [1.165, 1.54) is 32.1 Å². The molecular formula is C12H19N3O. The lowest BCUT2D eigenvalue weighted by Crippen LogP contribution is -2.22. The van der Waals surface area contributed by atoms with Crippen LogP contribution in [-0.2, 0) is 6.42 Å². The second-order valence-corrected chi connectivity index (χ2v) is 5.05. The van der Waals surface area contributed by atoms with Gasteiger partial charge in [-0.15, -0.1) is 10.2 Å². The third-order valence-corrected chi connectivity index (χ3v) is 3.92. The van der Waals surface area contributed by atoms with Gasteiger partial charge < -0.3 is 5.11 Å². The molecule has 1 unspecified atom stereocenters. The van der Waals surface area contributed by atoms with Gasteiger partial charge in [0.25, 0.3) is 0 Å². The maximum atomic E-state index is 10.0. The Hall–Kier alpha value is -0.900. The summed E-state index contributed by atoms with van der Waals surface area (Å²) in [7, 11) is 0. The molecule has 3 rings (SSSR count). The van der Waals surface area contributed by atoms with E-state index in [1.807, 2.05) is 4.57 Å². The minimum atomic E-state index is -0.379. The van der Waals surface area contributed by atoms with Gasteiger partial charge in [-0.2, -0.15) is 0 Å². The van der Waals surface area contributed by atoms with Gasteiger partial charge in [0, 0.05) is 12.3 Å². The fraction of sp³-hybridized carbons (Fsp3) is 0.833. The number of hydrogen-bond acceptors (Lipinski definition) is 3. The smallest absolute Gasteiger partial charge is 0.138 e. The molecule has 4 nitrogen and oxygen atoms in total. The van der Waals surface area contributed by atoms with Crippen LogP contribution in [0.2, 0.25) is 0 Å². The van der Waals surface area contributed by atoms with E-state index in [9.17, 15) is 5.11 Å². The Bertz CT molecular complexity index is 368. The van der Waals surface area contributed by atoms with Crippen molar-refractivity contribution >= 4 is 0 Å². The van der Waals surface area contributed by atoms with Gasteiger partial charge >= 0.3 is 0 Å². The average molecular weight is 221 g/mol.